The first-order valence-electron chi connectivity index (χ1n) is 9.72. The molecule has 0 aromatic heterocycles. The lowest BCUT2D eigenvalue weighted by atomic mass is 9.84. The van der Waals surface area contributed by atoms with E-state index in [1.54, 1.807) is 13.8 Å². The van der Waals surface area contributed by atoms with E-state index in [9.17, 15) is 19.6 Å². The summed E-state index contributed by atoms with van der Waals surface area (Å²) < 4.78 is 0. The van der Waals surface area contributed by atoms with Gasteiger partial charge < -0.3 is 10.6 Å². The Balaban J connectivity index is 2.21. The second kappa shape index (κ2) is 7.51. The zero-order valence-corrected chi connectivity index (χ0v) is 18.2. The number of benzene rings is 1. The van der Waals surface area contributed by atoms with Crippen molar-refractivity contribution in [2.75, 3.05) is 6.54 Å². The van der Waals surface area contributed by atoms with Crippen LogP contribution in [0.2, 0.25) is 0 Å². The minimum absolute atomic E-state index is 0.0314. The van der Waals surface area contributed by atoms with Gasteiger partial charge in [0.05, 0.1) is 6.07 Å². The topological polar surface area (TPSA) is 102 Å². The van der Waals surface area contributed by atoms with Crippen LogP contribution < -0.4 is 10.6 Å². The van der Waals surface area contributed by atoms with Crippen LogP contribution in [0, 0.1) is 17.2 Å². The highest BCUT2D eigenvalue weighted by Gasteiger charge is 2.49. The first-order valence-corrected chi connectivity index (χ1v) is 9.72. The van der Waals surface area contributed by atoms with E-state index in [0.29, 0.717) is 5.56 Å². The predicted octanol–water partition coefficient (Wildman–Crippen LogP) is 2.81. The summed E-state index contributed by atoms with van der Waals surface area (Å²) in [4.78, 5) is 38.8. The average Bonchev–Trinajstić information content (AvgIpc) is 2.85. The average molecular weight is 399 g/mol. The molecule has 7 nitrogen and oxygen atoms in total. The molecule has 156 valence electrons. The van der Waals surface area contributed by atoms with Gasteiger partial charge in [-0.2, -0.15) is 5.26 Å². The minimum Gasteiger partial charge on any atom is -0.336 e. The van der Waals surface area contributed by atoms with E-state index >= 15 is 0 Å². The summed E-state index contributed by atoms with van der Waals surface area (Å²) in [5, 5.41) is 14.7. The van der Waals surface area contributed by atoms with Crippen molar-refractivity contribution in [2.45, 2.75) is 65.0 Å². The molecule has 0 radical (unpaired) electrons. The van der Waals surface area contributed by atoms with E-state index in [2.05, 4.69) is 37.5 Å². The lowest BCUT2D eigenvalue weighted by molar-refractivity contribution is -0.135. The zero-order valence-electron chi connectivity index (χ0n) is 18.2. The third-order valence-electron chi connectivity index (χ3n) is 5.69. The molecule has 2 unspecified atom stereocenters. The van der Waals surface area contributed by atoms with Gasteiger partial charge in [-0.1, -0.05) is 58.9 Å². The van der Waals surface area contributed by atoms with Gasteiger partial charge in [0.1, 0.15) is 17.6 Å². The first kappa shape index (κ1) is 22.4. The molecule has 1 aliphatic heterocycles. The summed E-state index contributed by atoms with van der Waals surface area (Å²) in [5.74, 6) is -1.19. The van der Waals surface area contributed by atoms with Gasteiger partial charge in [-0.05, 0) is 36.3 Å². The van der Waals surface area contributed by atoms with Crippen LogP contribution in [0.1, 0.15) is 59.6 Å². The van der Waals surface area contributed by atoms with E-state index in [1.165, 1.54) is 0 Å². The Morgan fingerprint density at radius 1 is 1.21 bits per heavy atom. The minimum atomic E-state index is -1.25. The van der Waals surface area contributed by atoms with Crippen molar-refractivity contribution in [1.29, 1.82) is 5.26 Å². The van der Waals surface area contributed by atoms with Crippen molar-refractivity contribution in [2.24, 2.45) is 5.92 Å². The monoisotopic (exact) mass is 398 g/mol. The standard InChI is InChI=1S/C22H30N4O3/c1-14(2)21(6,13-23)24-17(27)12-26-18(28)22(7,25-19(26)29)16-10-8-15(9-11-16)20(3,4)5/h8-11,14H,12H2,1-7H3,(H,24,27)(H,25,29). The molecular formula is C22H30N4O3. The van der Waals surface area contributed by atoms with Crippen LogP contribution in [-0.2, 0) is 20.5 Å². The van der Waals surface area contributed by atoms with E-state index < -0.39 is 35.5 Å². The van der Waals surface area contributed by atoms with Crippen molar-refractivity contribution in [3.05, 3.63) is 35.4 Å². The van der Waals surface area contributed by atoms with E-state index in [-0.39, 0.29) is 11.3 Å². The summed E-state index contributed by atoms with van der Waals surface area (Å²) in [6.07, 6.45) is 0. The lowest BCUT2D eigenvalue weighted by Crippen LogP contribution is -2.52. The van der Waals surface area contributed by atoms with Crippen LogP contribution in [0.3, 0.4) is 0 Å². The highest BCUT2D eigenvalue weighted by molar-refractivity contribution is 6.09. The highest BCUT2D eigenvalue weighted by atomic mass is 16.2. The maximum absolute atomic E-state index is 13.0. The maximum Gasteiger partial charge on any atom is 0.325 e. The molecule has 2 N–H and O–H groups in total. The zero-order chi connectivity index (χ0) is 22.2. The van der Waals surface area contributed by atoms with Gasteiger partial charge in [0.25, 0.3) is 5.91 Å². The van der Waals surface area contributed by atoms with E-state index in [0.717, 1.165) is 10.5 Å². The van der Waals surface area contributed by atoms with Crippen molar-refractivity contribution >= 4 is 17.8 Å². The Morgan fingerprint density at radius 3 is 2.21 bits per heavy atom. The van der Waals surface area contributed by atoms with Crippen LogP contribution in [0.15, 0.2) is 24.3 Å². The third kappa shape index (κ3) is 4.26. The molecule has 1 heterocycles. The van der Waals surface area contributed by atoms with Crippen LogP contribution >= 0.6 is 0 Å². The Hall–Kier alpha value is -2.88. The molecule has 0 bridgehead atoms. The van der Waals surface area contributed by atoms with Gasteiger partial charge in [0.15, 0.2) is 0 Å². The summed E-state index contributed by atoms with van der Waals surface area (Å²) in [6.45, 7) is 12.7. The lowest BCUT2D eigenvalue weighted by Gasteiger charge is -2.28. The smallest absolute Gasteiger partial charge is 0.325 e. The molecule has 1 fully saturated rings. The molecule has 0 aliphatic carbocycles. The molecule has 29 heavy (non-hydrogen) atoms. The van der Waals surface area contributed by atoms with Crippen LogP contribution in [0.4, 0.5) is 4.79 Å². The Labute approximate surface area is 172 Å². The van der Waals surface area contributed by atoms with Gasteiger partial charge >= 0.3 is 6.03 Å². The van der Waals surface area contributed by atoms with Crippen LogP contribution in [0.5, 0.6) is 0 Å². The molecule has 1 aromatic rings. The van der Waals surface area contributed by atoms with Crippen molar-refractivity contribution < 1.29 is 14.4 Å². The molecule has 0 spiro atoms. The quantitative estimate of drug-likeness (QED) is 0.745. The number of carbonyl (C=O) groups excluding carboxylic acids is 3. The molecule has 1 aliphatic rings. The van der Waals surface area contributed by atoms with Gasteiger partial charge in [0, 0.05) is 0 Å². The third-order valence-corrected chi connectivity index (χ3v) is 5.69. The number of hydrogen-bond donors (Lipinski definition) is 2. The normalized spacial score (nSPS) is 21.6. The SMILES string of the molecule is CC(C)C(C)(C#N)NC(=O)CN1C(=O)NC(C)(c2ccc(C(C)(C)C)cc2)C1=O. The van der Waals surface area contributed by atoms with E-state index in [1.807, 2.05) is 38.1 Å². The Kier molecular flexibility index (Phi) is 5.80. The molecule has 1 aromatic carbocycles. The van der Waals surface area contributed by atoms with Gasteiger partial charge in [-0.3, -0.25) is 14.5 Å². The summed E-state index contributed by atoms with van der Waals surface area (Å²) >= 11 is 0. The maximum atomic E-state index is 13.0. The van der Waals surface area contributed by atoms with Crippen LogP contribution in [-0.4, -0.2) is 34.8 Å². The largest absolute Gasteiger partial charge is 0.336 e. The van der Waals surface area contributed by atoms with Crippen LogP contribution in [0.25, 0.3) is 0 Å². The van der Waals surface area contributed by atoms with Gasteiger partial charge in [0.2, 0.25) is 5.91 Å². The predicted molar refractivity (Wildman–Crippen MR) is 110 cm³/mol. The van der Waals surface area contributed by atoms with Gasteiger partial charge in [-0.15, -0.1) is 0 Å². The Bertz CT molecular complexity index is 864. The fraction of sp³-hybridized carbons (Fsp3) is 0.545. The molecule has 4 amide bonds. The second-order valence-electron chi connectivity index (χ2n) is 9.29. The number of carbonyl (C=O) groups is 3. The number of nitrogens with one attached hydrogen (secondary N) is 2. The van der Waals surface area contributed by atoms with Gasteiger partial charge in [-0.25, -0.2) is 4.79 Å². The fourth-order valence-corrected chi connectivity index (χ4v) is 3.11. The van der Waals surface area contributed by atoms with E-state index in [4.69, 9.17) is 0 Å². The summed E-state index contributed by atoms with van der Waals surface area (Å²) in [5.41, 5.74) is -0.596. The number of imide groups is 1. The molecule has 2 rings (SSSR count). The number of nitrogens with zero attached hydrogens (tertiary/aromatic N) is 2. The summed E-state index contributed by atoms with van der Waals surface area (Å²) in [7, 11) is 0. The van der Waals surface area contributed by atoms with Crippen molar-refractivity contribution in [1.82, 2.24) is 15.5 Å². The highest BCUT2D eigenvalue weighted by Crippen LogP contribution is 2.31. The number of rotatable bonds is 5. The molecule has 2 atom stereocenters. The molecule has 0 saturated carbocycles. The number of amides is 4. The Morgan fingerprint density at radius 2 is 1.76 bits per heavy atom. The van der Waals surface area contributed by atoms with Crippen molar-refractivity contribution in [3.8, 4) is 6.07 Å². The number of hydrogen-bond acceptors (Lipinski definition) is 4. The van der Waals surface area contributed by atoms with Crippen molar-refractivity contribution in [3.63, 3.8) is 0 Å². The second-order valence-corrected chi connectivity index (χ2v) is 9.29. The summed E-state index contributed by atoms with van der Waals surface area (Å²) in [6, 6.07) is 8.99. The fourth-order valence-electron chi connectivity index (χ4n) is 3.11. The first-order chi connectivity index (χ1) is 13.2. The number of urea groups is 1. The number of nitriles is 1. The molecule has 7 heteroatoms. The molecular weight excluding hydrogens is 368 g/mol. The molecule has 1 saturated heterocycles.